The van der Waals surface area contributed by atoms with Gasteiger partial charge >= 0.3 is 6.01 Å². The highest BCUT2D eigenvalue weighted by atomic mass is 35.5. The van der Waals surface area contributed by atoms with Gasteiger partial charge in [0.05, 0.1) is 18.2 Å². The third-order valence-electron chi connectivity index (χ3n) is 3.07. The first-order valence-corrected chi connectivity index (χ1v) is 6.78. The maximum absolute atomic E-state index is 5.92. The van der Waals surface area contributed by atoms with E-state index in [2.05, 4.69) is 15.0 Å². The Morgan fingerprint density at radius 2 is 2.11 bits per heavy atom. The summed E-state index contributed by atoms with van der Waals surface area (Å²) < 4.78 is 11.0. The molecule has 2 rings (SSSR count). The first-order valence-electron chi connectivity index (χ1n) is 6.40. The van der Waals surface area contributed by atoms with Crippen molar-refractivity contribution in [3.8, 4) is 6.01 Å². The van der Waals surface area contributed by atoms with Gasteiger partial charge in [-0.1, -0.05) is 0 Å². The summed E-state index contributed by atoms with van der Waals surface area (Å²) in [6.45, 7) is 6.62. The van der Waals surface area contributed by atoms with Crippen LogP contribution in [0.1, 0.15) is 27.2 Å². The fourth-order valence-electron chi connectivity index (χ4n) is 2.12. The fraction of sp³-hybridized carbons (Fsp3) is 0.750. The van der Waals surface area contributed by atoms with Gasteiger partial charge in [0.1, 0.15) is 0 Å². The van der Waals surface area contributed by atoms with Crippen LogP contribution in [0.5, 0.6) is 6.01 Å². The van der Waals surface area contributed by atoms with Gasteiger partial charge in [0.15, 0.2) is 0 Å². The lowest BCUT2D eigenvalue weighted by Gasteiger charge is -2.26. The zero-order chi connectivity index (χ0) is 14.0. The Morgan fingerprint density at radius 1 is 1.37 bits per heavy atom. The van der Waals surface area contributed by atoms with E-state index in [1.165, 1.54) is 0 Å². The maximum atomic E-state index is 5.92. The quantitative estimate of drug-likeness (QED) is 0.843. The Morgan fingerprint density at radius 3 is 2.68 bits per heavy atom. The molecule has 6 nitrogen and oxygen atoms in total. The number of ether oxygens (including phenoxy) is 2. The third-order valence-corrected chi connectivity index (χ3v) is 3.24. The molecule has 1 saturated heterocycles. The Balaban J connectivity index is 2.21. The molecule has 0 amide bonds. The van der Waals surface area contributed by atoms with E-state index in [-0.39, 0.29) is 29.5 Å². The van der Waals surface area contributed by atoms with Crippen molar-refractivity contribution >= 4 is 17.5 Å². The normalized spacial score (nSPS) is 22.8. The number of hydrogen-bond acceptors (Lipinski definition) is 6. The van der Waals surface area contributed by atoms with Gasteiger partial charge < -0.3 is 14.4 Å². The summed E-state index contributed by atoms with van der Waals surface area (Å²) in [4.78, 5) is 14.4. The second-order valence-electron chi connectivity index (χ2n) is 4.90. The molecule has 1 aromatic heterocycles. The number of halogens is 1. The molecule has 2 atom stereocenters. The smallest absolute Gasteiger partial charge is 0.322 e. The van der Waals surface area contributed by atoms with Gasteiger partial charge in [-0.15, -0.1) is 0 Å². The predicted octanol–water partition coefficient (Wildman–Crippen LogP) is 1.93. The number of hydrogen-bond donors (Lipinski definition) is 0. The van der Waals surface area contributed by atoms with Gasteiger partial charge in [-0.25, -0.2) is 0 Å². The molecule has 0 spiro atoms. The molecule has 0 aliphatic carbocycles. The van der Waals surface area contributed by atoms with Crippen LogP contribution in [0.25, 0.3) is 0 Å². The fourth-order valence-corrected chi connectivity index (χ4v) is 2.27. The number of anilines is 1. The van der Waals surface area contributed by atoms with Crippen molar-refractivity contribution in [1.29, 1.82) is 0 Å². The molecule has 7 heteroatoms. The van der Waals surface area contributed by atoms with E-state index in [0.717, 1.165) is 13.0 Å². The van der Waals surface area contributed by atoms with E-state index in [1.807, 2.05) is 32.7 Å². The monoisotopic (exact) mass is 286 g/mol. The van der Waals surface area contributed by atoms with Crippen LogP contribution in [-0.4, -0.2) is 46.9 Å². The molecule has 1 fully saturated rings. The van der Waals surface area contributed by atoms with Gasteiger partial charge in [-0.3, -0.25) is 0 Å². The third kappa shape index (κ3) is 3.45. The molecule has 0 N–H and O–H groups in total. The molecule has 1 aliphatic heterocycles. The molecular weight excluding hydrogens is 268 g/mol. The molecule has 1 aromatic rings. The van der Waals surface area contributed by atoms with Crippen molar-refractivity contribution in [2.45, 2.75) is 45.4 Å². The molecule has 1 aliphatic rings. The van der Waals surface area contributed by atoms with Crippen molar-refractivity contribution in [3.05, 3.63) is 5.28 Å². The predicted molar refractivity (Wildman–Crippen MR) is 72.8 cm³/mol. The van der Waals surface area contributed by atoms with E-state index in [0.29, 0.717) is 5.95 Å². The number of aromatic nitrogens is 3. The first-order chi connectivity index (χ1) is 8.97. The Hall–Kier alpha value is -1.14. The highest BCUT2D eigenvalue weighted by Crippen LogP contribution is 2.23. The standard InChI is InChI=1S/C12H19ClN4O2/c1-7(2)19-12-15-10(13)14-11(16-12)17(4)9-5-6-18-8(9)3/h7-9H,5-6H2,1-4H3. The van der Waals surface area contributed by atoms with E-state index >= 15 is 0 Å². The maximum Gasteiger partial charge on any atom is 0.322 e. The summed E-state index contributed by atoms with van der Waals surface area (Å²) in [5, 5.41) is 0.138. The molecule has 0 saturated carbocycles. The largest absolute Gasteiger partial charge is 0.461 e. The van der Waals surface area contributed by atoms with Crippen LogP contribution < -0.4 is 9.64 Å². The lowest BCUT2D eigenvalue weighted by molar-refractivity contribution is 0.118. The highest BCUT2D eigenvalue weighted by Gasteiger charge is 2.29. The van der Waals surface area contributed by atoms with Crippen LogP contribution in [0.4, 0.5) is 5.95 Å². The Bertz CT molecular complexity index is 444. The van der Waals surface area contributed by atoms with Crippen LogP contribution in [0.15, 0.2) is 0 Å². The molecule has 0 bridgehead atoms. The minimum Gasteiger partial charge on any atom is -0.461 e. The van der Waals surface area contributed by atoms with Crippen LogP contribution in [-0.2, 0) is 4.74 Å². The highest BCUT2D eigenvalue weighted by molar-refractivity contribution is 6.28. The summed E-state index contributed by atoms with van der Waals surface area (Å²) in [5.41, 5.74) is 0. The van der Waals surface area contributed by atoms with Gasteiger partial charge in [0, 0.05) is 13.7 Å². The lowest BCUT2D eigenvalue weighted by Crippen LogP contribution is -2.38. The summed E-state index contributed by atoms with van der Waals surface area (Å²) in [5.74, 6) is 0.512. The van der Waals surface area contributed by atoms with Gasteiger partial charge in [-0.2, -0.15) is 15.0 Å². The topological polar surface area (TPSA) is 60.4 Å². The summed E-state index contributed by atoms with van der Waals surface area (Å²) in [7, 11) is 1.93. The second kappa shape index (κ2) is 5.88. The molecule has 19 heavy (non-hydrogen) atoms. The second-order valence-corrected chi connectivity index (χ2v) is 5.23. The molecule has 2 unspecified atom stereocenters. The molecule has 106 valence electrons. The van der Waals surface area contributed by atoms with Crippen LogP contribution >= 0.6 is 11.6 Å². The van der Waals surface area contributed by atoms with Crippen molar-refractivity contribution in [2.24, 2.45) is 0 Å². The SMILES string of the molecule is CC(C)Oc1nc(Cl)nc(N(C)C2CCOC2C)n1. The van der Waals surface area contributed by atoms with Crippen molar-refractivity contribution in [3.63, 3.8) is 0 Å². The van der Waals surface area contributed by atoms with Crippen molar-refractivity contribution < 1.29 is 9.47 Å². The summed E-state index contributed by atoms with van der Waals surface area (Å²) in [6.07, 6.45) is 1.09. The zero-order valence-corrected chi connectivity index (χ0v) is 12.4. The number of nitrogens with zero attached hydrogens (tertiary/aromatic N) is 4. The van der Waals surface area contributed by atoms with Crippen LogP contribution in [0, 0.1) is 0 Å². The average Bonchev–Trinajstić information content (AvgIpc) is 2.72. The van der Waals surface area contributed by atoms with Crippen LogP contribution in [0.3, 0.4) is 0 Å². The van der Waals surface area contributed by atoms with Crippen molar-refractivity contribution in [2.75, 3.05) is 18.6 Å². The van der Waals surface area contributed by atoms with E-state index in [9.17, 15) is 0 Å². The number of rotatable bonds is 4. The minimum absolute atomic E-state index is 0.00893. The Kier molecular flexibility index (Phi) is 4.42. The van der Waals surface area contributed by atoms with Gasteiger partial charge in [0.2, 0.25) is 11.2 Å². The molecule has 0 radical (unpaired) electrons. The lowest BCUT2D eigenvalue weighted by atomic mass is 10.1. The summed E-state index contributed by atoms with van der Waals surface area (Å²) >= 11 is 5.92. The van der Waals surface area contributed by atoms with Crippen molar-refractivity contribution in [1.82, 2.24) is 15.0 Å². The molecular formula is C12H19ClN4O2. The summed E-state index contributed by atoms with van der Waals surface area (Å²) in [6, 6.07) is 0.494. The van der Waals surface area contributed by atoms with E-state index in [4.69, 9.17) is 21.1 Å². The average molecular weight is 287 g/mol. The van der Waals surface area contributed by atoms with Crippen LogP contribution in [0.2, 0.25) is 5.28 Å². The number of likely N-dealkylation sites (N-methyl/N-ethyl adjacent to an activating group) is 1. The van der Waals surface area contributed by atoms with Gasteiger partial charge in [0.25, 0.3) is 0 Å². The minimum atomic E-state index is -0.00893. The van der Waals surface area contributed by atoms with Gasteiger partial charge in [-0.05, 0) is 38.8 Å². The molecule has 0 aromatic carbocycles. The zero-order valence-electron chi connectivity index (χ0n) is 11.6. The first kappa shape index (κ1) is 14.3. The van der Waals surface area contributed by atoms with E-state index < -0.39 is 0 Å². The Labute approximate surface area is 118 Å². The molecule has 2 heterocycles. The van der Waals surface area contributed by atoms with E-state index in [1.54, 1.807) is 0 Å².